The molecule has 47 heavy (non-hydrogen) atoms. The molecular weight excluding hydrogens is 595 g/mol. The van der Waals surface area contributed by atoms with Crippen LogP contribution in [0.1, 0.15) is 0 Å². The minimum absolute atomic E-state index is 0.630. The highest BCUT2D eigenvalue weighted by Crippen LogP contribution is 2.39. The van der Waals surface area contributed by atoms with Gasteiger partial charge in [-0.2, -0.15) is 0 Å². The summed E-state index contributed by atoms with van der Waals surface area (Å²) < 4.78 is 2.41. The molecule has 0 aliphatic carbocycles. The third kappa shape index (κ3) is 4.92. The van der Waals surface area contributed by atoms with E-state index in [0.717, 1.165) is 54.8 Å². The number of fused-ring (bicyclic) bond motifs is 4. The molecule has 0 atom stereocenters. The number of para-hydroxylation sites is 1. The Morgan fingerprint density at radius 1 is 0.426 bits per heavy atom. The summed E-state index contributed by atoms with van der Waals surface area (Å²) in [5.41, 5.74) is 7.66. The third-order valence-electron chi connectivity index (χ3n) is 8.41. The summed E-state index contributed by atoms with van der Waals surface area (Å²) in [7, 11) is 0. The Hall–Kier alpha value is -6.11. The first-order valence-corrected chi connectivity index (χ1v) is 16.2. The third-order valence-corrected chi connectivity index (χ3v) is 9.60. The van der Waals surface area contributed by atoms with Gasteiger partial charge >= 0.3 is 0 Å². The van der Waals surface area contributed by atoms with Gasteiger partial charge in [-0.3, -0.25) is 4.98 Å². The Kier molecular flexibility index (Phi) is 6.58. The summed E-state index contributed by atoms with van der Waals surface area (Å²) in [6, 6.07) is 49.6. The van der Waals surface area contributed by atoms with Crippen LogP contribution in [0.15, 0.2) is 152 Å². The molecule has 0 radical (unpaired) electrons. The molecule has 9 rings (SSSR count). The van der Waals surface area contributed by atoms with Crippen LogP contribution in [0.4, 0.5) is 0 Å². The minimum Gasteiger partial charge on any atom is -0.253 e. The number of hydrogen-bond donors (Lipinski definition) is 0. The summed E-state index contributed by atoms with van der Waals surface area (Å²) in [6.07, 6.45) is 1.89. The van der Waals surface area contributed by atoms with E-state index in [2.05, 4.69) is 84.9 Å². The fourth-order valence-corrected chi connectivity index (χ4v) is 7.28. The summed E-state index contributed by atoms with van der Waals surface area (Å²) in [6.45, 7) is 0. The highest BCUT2D eigenvalue weighted by Gasteiger charge is 2.16. The SMILES string of the molecule is c1ccc(-c2nc(-c3ccccc3)nc(-c3ccc(-c4cccc5ccc(-c6nccc7c6sc6ccccc67)nc45)cc3)n2)cc1. The van der Waals surface area contributed by atoms with Crippen molar-refractivity contribution in [2.75, 3.05) is 0 Å². The second-order valence-corrected chi connectivity index (χ2v) is 12.4. The molecule has 0 saturated carbocycles. The van der Waals surface area contributed by atoms with Crippen LogP contribution in [0.25, 0.3) is 87.8 Å². The summed E-state index contributed by atoms with van der Waals surface area (Å²) in [5, 5.41) is 3.55. The van der Waals surface area contributed by atoms with E-state index < -0.39 is 0 Å². The number of thiophene rings is 1. The van der Waals surface area contributed by atoms with Crippen molar-refractivity contribution in [1.82, 2.24) is 24.9 Å². The van der Waals surface area contributed by atoms with Gasteiger partial charge in [0.05, 0.1) is 15.9 Å². The fourth-order valence-electron chi connectivity index (χ4n) is 6.08. The zero-order valence-electron chi connectivity index (χ0n) is 25.1. The lowest BCUT2D eigenvalue weighted by Crippen LogP contribution is -2.00. The molecular formula is C41H25N5S. The van der Waals surface area contributed by atoms with Crippen LogP contribution >= 0.6 is 11.3 Å². The average Bonchev–Trinajstić information content (AvgIpc) is 3.54. The Labute approximate surface area is 275 Å². The normalized spacial score (nSPS) is 11.4. The maximum atomic E-state index is 5.22. The Morgan fingerprint density at radius 3 is 1.74 bits per heavy atom. The highest BCUT2D eigenvalue weighted by atomic mass is 32.1. The van der Waals surface area contributed by atoms with Gasteiger partial charge in [0, 0.05) is 49.3 Å². The molecule has 0 unspecified atom stereocenters. The lowest BCUT2D eigenvalue weighted by atomic mass is 10.00. The molecule has 0 aliphatic heterocycles. The van der Waals surface area contributed by atoms with Crippen LogP contribution in [0.3, 0.4) is 0 Å². The van der Waals surface area contributed by atoms with Crippen LogP contribution in [-0.2, 0) is 0 Å². The molecule has 0 N–H and O–H groups in total. The number of aromatic nitrogens is 5. The van der Waals surface area contributed by atoms with E-state index in [0.29, 0.717) is 17.5 Å². The van der Waals surface area contributed by atoms with Crippen molar-refractivity contribution < 1.29 is 0 Å². The van der Waals surface area contributed by atoms with Gasteiger partial charge in [0.1, 0.15) is 5.69 Å². The standard InChI is InChI=1S/C41H25N5S/c1-3-10-28(11-4-1)39-44-40(29-12-5-2-6-13-29)46-41(45-39)30-20-18-26(19-21-30)31-16-9-14-27-22-23-34(43-36(27)31)37-38-33(24-25-42-37)32-15-7-8-17-35(32)47-38/h1-25H. The molecule has 0 amide bonds. The monoisotopic (exact) mass is 619 g/mol. The average molecular weight is 620 g/mol. The van der Waals surface area contributed by atoms with Crippen molar-refractivity contribution in [3.63, 3.8) is 0 Å². The predicted octanol–water partition coefficient (Wildman–Crippen LogP) is 10.5. The van der Waals surface area contributed by atoms with Gasteiger partial charge in [0.15, 0.2) is 17.5 Å². The summed E-state index contributed by atoms with van der Waals surface area (Å²) >= 11 is 1.77. The quantitative estimate of drug-likeness (QED) is 0.192. The summed E-state index contributed by atoms with van der Waals surface area (Å²) in [4.78, 5) is 24.7. The van der Waals surface area contributed by atoms with E-state index in [1.54, 1.807) is 11.3 Å². The molecule has 4 heterocycles. The van der Waals surface area contributed by atoms with Gasteiger partial charge in [-0.15, -0.1) is 11.3 Å². The minimum atomic E-state index is 0.630. The second-order valence-electron chi connectivity index (χ2n) is 11.3. The van der Waals surface area contributed by atoms with Crippen LogP contribution < -0.4 is 0 Å². The predicted molar refractivity (Wildman–Crippen MR) is 193 cm³/mol. The van der Waals surface area contributed by atoms with Crippen molar-refractivity contribution in [3.8, 4) is 56.7 Å². The first-order valence-electron chi connectivity index (χ1n) is 15.4. The number of pyridine rings is 2. The Morgan fingerprint density at radius 2 is 1.04 bits per heavy atom. The lowest BCUT2D eigenvalue weighted by molar-refractivity contribution is 1.07. The molecule has 0 aliphatic rings. The van der Waals surface area contributed by atoms with Crippen LogP contribution in [0.5, 0.6) is 0 Å². The van der Waals surface area contributed by atoms with Gasteiger partial charge in [0.2, 0.25) is 0 Å². The van der Waals surface area contributed by atoms with E-state index in [9.17, 15) is 0 Å². The van der Waals surface area contributed by atoms with E-state index in [1.165, 1.54) is 15.5 Å². The van der Waals surface area contributed by atoms with Crippen LogP contribution in [-0.4, -0.2) is 24.9 Å². The first-order chi connectivity index (χ1) is 23.3. The zero-order valence-corrected chi connectivity index (χ0v) is 25.9. The van der Waals surface area contributed by atoms with Gasteiger partial charge in [0.25, 0.3) is 0 Å². The molecule has 0 spiro atoms. The van der Waals surface area contributed by atoms with E-state index in [4.69, 9.17) is 24.9 Å². The summed E-state index contributed by atoms with van der Waals surface area (Å²) in [5.74, 6) is 1.92. The molecule has 6 heteroatoms. The maximum Gasteiger partial charge on any atom is 0.164 e. The topological polar surface area (TPSA) is 64.5 Å². The van der Waals surface area contributed by atoms with Gasteiger partial charge < -0.3 is 0 Å². The molecule has 9 aromatic rings. The van der Waals surface area contributed by atoms with Crippen molar-refractivity contribution >= 4 is 42.4 Å². The molecule has 0 bridgehead atoms. The Balaban J connectivity index is 1.13. The van der Waals surface area contributed by atoms with Crippen molar-refractivity contribution in [2.45, 2.75) is 0 Å². The smallest absolute Gasteiger partial charge is 0.164 e. The van der Waals surface area contributed by atoms with Gasteiger partial charge in [-0.25, -0.2) is 19.9 Å². The number of nitrogens with zero attached hydrogens (tertiary/aromatic N) is 5. The lowest BCUT2D eigenvalue weighted by Gasteiger charge is -2.11. The molecule has 0 fully saturated rings. The van der Waals surface area contributed by atoms with E-state index >= 15 is 0 Å². The molecule has 5 aromatic carbocycles. The van der Waals surface area contributed by atoms with Crippen LogP contribution in [0.2, 0.25) is 0 Å². The van der Waals surface area contributed by atoms with Gasteiger partial charge in [-0.05, 0) is 23.8 Å². The Bertz CT molecular complexity index is 2500. The van der Waals surface area contributed by atoms with Gasteiger partial charge in [-0.1, -0.05) is 127 Å². The number of rotatable bonds is 5. The number of hydrogen-bond acceptors (Lipinski definition) is 6. The maximum absolute atomic E-state index is 5.22. The number of benzene rings is 5. The first kappa shape index (κ1) is 27.2. The molecule has 0 saturated heterocycles. The largest absolute Gasteiger partial charge is 0.253 e. The van der Waals surface area contributed by atoms with Crippen molar-refractivity contribution in [2.24, 2.45) is 0 Å². The van der Waals surface area contributed by atoms with E-state index in [1.807, 2.05) is 66.9 Å². The van der Waals surface area contributed by atoms with Crippen molar-refractivity contribution in [3.05, 3.63) is 152 Å². The fraction of sp³-hybridized carbons (Fsp3) is 0. The molecule has 220 valence electrons. The van der Waals surface area contributed by atoms with E-state index in [-0.39, 0.29) is 0 Å². The second kappa shape index (κ2) is 11.4. The highest BCUT2D eigenvalue weighted by molar-refractivity contribution is 7.26. The van der Waals surface area contributed by atoms with Crippen molar-refractivity contribution in [1.29, 1.82) is 0 Å². The molecule has 5 nitrogen and oxygen atoms in total. The van der Waals surface area contributed by atoms with Crippen LogP contribution in [0, 0.1) is 0 Å². The molecule has 4 aromatic heterocycles. The zero-order chi connectivity index (χ0) is 31.2.